The topological polar surface area (TPSA) is 38.8 Å². The van der Waals surface area contributed by atoms with E-state index in [0.717, 1.165) is 25.1 Å². The van der Waals surface area contributed by atoms with Crippen LogP contribution in [0.2, 0.25) is 0 Å². The van der Waals surface area contributed by atoms with Crippen molar-refractivity contribution in [2.24, 2.45) is 0 Å². The Morgan fingerprint density at radius 3 is 2.72 bits per heavy atom. The summed E-state index contributed by atoms with van der Waals surface area (Å²) >= 11 is 0. The Labute approximate surface area is 107 Å². The van der Waals surface area contributed by atoms with Crippen LogP contribution in [-0.4, -0.2) is 20.8 Å². The molecule has 96 valence electrons. The molecule has 1 heterocycles. The molecule has 18 heavy (non-hydrogen) atoms. The van der Waals surface area contributed by atoms with Crippen molar-refractivity contribution in [3.05, 3.63) is 29.8 Å². The van der Waals surface area contributed by atoms with E-state index >= 15 is 0 Å². The van der Waals surface area contributed by atoms with Gasteiger partial charge >= 0.3 is 7.60 Å². The molecule has 0 bridgehead atoms. The van der Waals surface area contributed by atoms with Gasteiger partial charge in [-0.1, -0.05) is 18.2 Å². The van der Waals surface area contributed by atoms with E-state index in [-0.39, 0.29) is 0 Å². The molecule has 0 fully saturated rings. The lowest BCUT2D eigenvalue weighted by atomic mass is 10.0. The third-order valence-corrected chi connectivity index (χ3v) is 4.25. The van der Waals surface area contributed by atoms with Gasteiger partial charge in [0.05, 0.1) is 5.69 Å². The monoisotopic (exact) mass is 265 g/mol. The molecule has 0 aromatic heterocycles. The highest BCUT2D eigenvalue weighted by molar-refractivity contribution is 7.59. The predicted octanol–water partition coefficient (Wildman–Crippen LogP) is 2.84. The van der Waals surface area contributed by atoms with Gasteiger partial charge in [-0.15, -0.1) is 0 Å². The molecule has 5 heteroatoms. The lowest BCUT2D eigenvalue weighted by molar-refractivity contribution is 0.288. The molecular formula is C13H16NO3P. The summed E-state index contributed by atoms with van der Waals surface area (Å²) in [5.74, 6) is 0. The third kappa shape index (κ3) is 2.76. The Morgan fingerprint density at radius 2 is 2.00 bits per heavy atom. The average molecular weight is 265 g/mol. The third-order valence-electron chi connectivity index (χ3n) is 2.91. The number of hydrogen-bond acceptors (Lipinski definition) is 4. The quantitative estimate of drug-likeness (QED) is 0.609. The van der Waals surface area contributed by atoms with Gasteiger partial charge in [0, 0.05) is 32.5 Å². The van der Waals surface area contributed by atoms with Crippen molar-refractivity contribution in [3.63, 3.8) is 0 Å². The van der Waals surface area contributed by atoms with Crippen molar-refractivity contribution < 1.29 is 13.6 Å². The van der Waals surface area contributed by atoms with Crippen molar-refractivity contribution in [2.45, 2.75) is 12.8 Å². The van der Waals surface area contributed by atoms with Gasteiger partial charge < -0.3 is 13.9 Å². The van der Waals surface area contributed by atoms with Gasteiger partial charge in [0.2, 0.25) is 0 Å². The van der Waals surface area contributed by atoms with E-state index in [4.69, 9.17) is 9.05 Å². The second-order valence-corrected chi connectivity index (χ2v) is 5.92. The lowest BCUT2D eigenvalue weighted by Crippen LogP contribution is -2.24. The van der Waals surface area contributed by atoms with E-state index in [2.05, 4.69) is 17.8 Å². The van der Waals surface area contributed by atoms with Gasteiger partial charge in [0.25, 0.3) is 0 Å². The molecule has 0 radical (unpaired) electrons. The summed E-state index contributed by atoms with van der Waals surface area (Å²) in [6.45, 7) is 0.831. The molecule has 1 aliphatic heterocycles. The normalized spacial score (nSPS) is 14.7. The summed E-state index contributed by atoms with van der Waals surface area (Å²) in [6, 6.07) is 11.0. The fourth-order valence-electron chi connectivity index (χ4n) is 1.94. The summed E-state index contributed by atoms with van der Waals surface area (Å²) < 4.78 is 21.5. The number of benzene rings is 1. The van der Waals surface area contributed by atoms with Crippen LogP contribution < -0.4 is 4.90 Å². The van der Waals surface area contributed by atoms with Crippen molar-refractivity contribution >= 4 is 13.3 Å². The molecule has 1 aromatic rings. The van der Waals surface area contributed by atoms with Crippen molar-refractivity contribution in [1.82, 2.24) is 0 Å². The molecule has 4 nitrogen and oxygen atoms in total. The minimum absolute atomic E-state index is 0.831. The smallest absolute Gasteiger partial charge is 0.303 e. The number of anilines is 1. The molecule has 0 saturated carbocycles. The standard InChI is InChI=1S/C13H16NO3P/c1-16-18(15,17-2)11-10-14-9-5-7-12-6-3-4-8-13(12)14/h3-4,6,8H,5,7,9H2,1-2H3. The maximum absolute atomic E-state index is 11.9. The Morgan fingerprint density at radius 1 is 1.28 bits per heavy atom. The Kier molecular flexibility index (Phi) is 4.08. The van der Waals surface area contributed by atoms with Gasteiger partial charge in [-0.25, -0.2) is 4.57 Å². The number of aryl methyl sites for hydroxylation is 1. The van der Waals surface area contributed by atoms with Crippen LogP contribution >= 0.6 is 7.60 Å². The summed E-state index contributed by atoms with van der Waals surface area (Å²) in [6.07, 6.45) is 2.09. The molecule has 2 rings (SSSR count). The number of para-hydroxylation sites is 1. The van der Waals surface area contributed by atoms with Gasteiger partial charge in [-0.05, 0) is 24.5 Å². The largest absolute Gasteiger partial charge is 0.406 e. The minimum Gasteiger partial charge on any atom is -0.303 e. The second kappa shape index (κ2) is 5.58. The van der Waals surface area contributed by atoms with Crippen LogP contribution in [0.15, 0.2) is 24.3 Å². The Hall–Kier alpha value is -1.27. The molecule has 0 saturated heterocycles. The van der Waals surface area contributed by atoms with Crippen LogP contribution in [0, 0.1) is 11.7 Å². The fourth-order valence-corrected chi connectivity index (χ4v) is 2.51. The van der Waals surface area contributed by atoms with E-state index in [1.165, 1.54) is 19.8 Å². The number of rotatable bonds is 2. The first-order valence-corrected chi connectivity index (χ1v) is 7.32. The molecule has 0 aliphatic carbocycles. The first kappa shape index (κ1) is 13.2. The van der Waals surface area contributed by atoms with Crippen LogP contribution in [-0.2, 0) is 20.0 Å². The molecule has 0 amide bonds. The van der Waals surface area contributed by atoms with E-state index in [9.17, 15) is 4.57 Å². The molecule has 0 unspecified atom stereocenters. The zero-order chi connectivity index (χ0) is 13.0. The first-order valence-electron chi connectivity index (χ1n) is 5.78. The minimum atomic E-state index is -3.26. The maximum atomic E-state index is 11.9. The lowest BCUT2D eigenvalue weighted by Gasteiger charge is -2.25. The van der Waals surface area contributed by atoms with E-state index in [1.54, 1.807) is 0 Å². The van der Waals surface area contributed by atoms with Crippen LogP contribution in [0.25, 0.3) is 0 Å². The van der Waals surface area contributed by atoms with Crippen LogP contribution in [0.3, 0.4) is 0 Å². The Bertz CT molecular complexity index is 525. The van der Waals surface area contributed by atoms with Crippen LogP contribution in [0.1, 0.15) is 12.0 Å². The SMILES string of the molecule is COP(=O)(C#CN1CCCc2ccccc21)OC. The van der Waals surface area contributed by atoms with Crippen LogP contribution in [0.5, 0.6) is 0 Å². The number of fused-ring (bicyclic) bond motifs is 1. The highest BCUT2D eigenvalue weighted by Gasteiger charge is 2.19. The summed E-state index contributed by atoms with van der Waals surface area (Å²) in [7, 11) is -0.590. The molecule has 0 spiro atoms. The molecular weight excluding hydrogens is 249 g/mol. The van der Waals surface area contributed by atoms with Crippen molar-refractivity contribution in [2.75, 3.05) is 25.7 Å². The van der Waals surface area contributed by atoms with Gasteiger partial charge in [0.1, 0.15) is 0 Å². The number of hydrogen-bond donors (Lipinski definition) is 0. The molecule has 1 aromatic carbocycles. The number of nitrogens with zero attached hydrogens (tertiary/aromatic N) is 1. The highest BCUT2D eigenvalue weighted by atomic mass is 31.2. The van der Waals surface area contributed by atoms with Gasteiger partial charge in [0.15, 0.2) is 0 Å². The van der Waals surface area contributed by atoms with Crippen molar-refractivity contribution in [3.8, 4) is 11.7 Å². The van der Waals surface area contributed by atoms with E-state index in [0.29, 0.717) is 0 Å². The van der Waals surface area contributed by atoms with E-state index < -0.39 is 7.60 Å². The molecule has 1 aliphatic rings. The van der Waals surface area contributed by atoms with Crippen molar-refractivity contribution in [1.29, 1.82) is 0 Å². The fraction of sp³-hybridized carbons (Fsp3) is 0.385. The molecule has 0 atom stereocenters. The summed E-state index contributed by atoms with van der Waals surface area (Å²) in [4.78, 5) is 1.91. The molecule has 0 N–H and O–H groups in total. The van der Waals surface area contributed by atoms with Crippen LogP contribution in [0.4, 0.5) is 5.69 Å². The zero-order valence-corrected chi connectivity index (χ0v) is 11.4. The second-order valence-electron chi connectivity index (χ2n) is 3.97. The zero-order valence-electron chi connectivity index (χ0n) is 10.5. The summed E-state index contributed by atoms with van der Waals surface area (Å²) in [5, 5.41) is 0. The van der Waals surface area contributed by atoms with Gasteiger partial charge in [-0.3, -0.25) is 0 Å². The van der Waals surface area contributed by atoms with Gasteiger partial charge in [-0.2, -0.15) is 0 Å². The maximum Gasteiger partial charge on any atom is 0.406 e. The van der Waals surface area contributed by atoms with E-state index in [1.807, 2.05) is 23.1 Å². The summed E-state index contributed by atoms with van der Waals surface area (Å²) in [5.41, 5.74) is 4.94. The predicted molar refractivity (Wildman–Crippen MR) is 71.5 cm³/mol. The average Bonchev–Trinajstić information content (AvgIpc) is 2.44. The Balaban J connectivity index is 2.27. The highest BCUT2D eigenvalue weighted by Crippen LogP contribution is 2.44. The first-order chi connectivity index (χ1) is 8.68.